The molecule has 2 nitrogen and oxygen atoms in total. The van der Waals surface area contributed by atoms with E-state index in [4.69, 9.17) is 5.73 Å². The van der Waals surface area contributed by atoms with Crippen molar-refractivity contribution < 1.29 is 4.58 Å². The molecule has 0 fully saturated rings. The standard InChI is InChI=1S/C21H33N2S/c1-5-6-7-8-12-17-23-18(2)24(3,4)21(22)20(23)16-15-19-13-10-9-11-14-19/h9-11,13-16H,5-8,12,17,22H2,1-4H3/q+1. The average molecular weight is 346 g/mol. The number of hydrogen-bond acceptors (Lipinski definition) is 1. The van der Waals surface area contributed by atoms with Crippen molar-refractivity contribution in [3.8, 4) is 0 Å². The fourth-order valence-corrected chi connectivity index (χ4v) is 4.82. The van der Waals surface area contributed by atoms with E-state index < -0.39 is 10.0 Å². The van der Waals surface area contributed by atoms with Crippen LogP contribution in [0.5, 0.6) is 0 Å². The van der Waals surface area contributed by atoms with Gasteiger partial charge in [0, 0.05) is 19.4 Å². The molecule has 0 amide bonds. The summed E-state index contributed by atoms with van der Waals surface area (Å²) in [7, 11) is -1.01. The number of nitrogens with zero attached hydrogens (tertiary/aromatic N) is 1. The van der Waals surface area contributed by atoms with Crippen molar-refractivity contribution in [2.24, 2.45) is 5.73 Å². The quantitative estimate of drug-likeness (QED) is 0.502. The molecule has 0 atom stereocenters. The summed E-state index contributed by atoms with van der Waals surface area (Å²) in [5, 5.41) is 2.52. The van der Waals surface area contributed by atoms with Gasteiger partial charge in [0.05, 0.1) is 0 Å². The van der Waals surface area contributed by atoms with Gasteiger partial charge in [0.25, 0.3) is 0 Å². The lowest BCUT2D eigenvalue weighted by Crippen LogP contribution is -2.17. The number of nitrogens with two attached hydrogens (primary N) is 1. The lowest BCUT2D eigenvalue weighted by atomic mass is 10.1. The van der Waals surface area contributed by atoms with Gasteiger partial charge in [-0.2, -0.15) is 4.58 Å². The number of hydrogen-bond donors (Lipinski definition) is 1. The summed E-state index contributed by atoms with van der Waals surface area (Å²) in [6, 6.07) is 10.5. The molecule has 1 aromatic carbocycles. The van der Waals surface area contributed by atoms with Gasteiger partial charge in [0.15, 0.2) is 0 Å². The molecule has 0 saturated heterocycles. The predicted octanol–water partition coefficient (Wildman–Crippen LogP) is 5.31. The Bertz CT molecular complexity index is 639. The van der Waals surface area contributed by atoms with E-state index in [1.807, 2.05) is 6.07 Å². The number of benzene rings is 1. The molecule has 1 aliphatic heterocycles. The van der Waals surface area contributed by atoms with Crippen LogP contribution in [0.15, 0.2) is 47.1 Å². The SMILES string of the molecule is CCCCCCC[N+]1=C(C)S(C)(C)C(N)=C1C=Cc1ccccc1. The molecule has 2 rings (SSSR count). The summed E-state index contributed by atoms with van der Waals surface area (Å²) in [6.45, 7) is 5.61. The van der Waals surface area contributed by atoms with Crippen LogP contribution in [0.3, 0.4) is 0 Å². The van der Waals surface area contributed by atoms with Crippen LogP contribution in [-0.2, 0) is 0 Å². The van der Waals surface area contributed by atoms with Crippen LogP contribution < -0.4 is 5.73 Å². The number of allylic oxidation sites excluding steroid dienone is 1. The summed E-state index contributed by atoms with van der Waals surface area (Å²) in [6.07, 6.45) is 15.5. The van der Waals surface area contributed by atoms with Crippen LogP contribution in [0.2, 0.25) is 0 Å². The third kappa shape index (κ3) is 4.32. The highest BCUT2D eigenvalue weighted by atomic mass is 32.3. The molecule has 0 spiro atoms. The van der Waals surface area contributed by atoms with Crippen molar-refractivity contribution in [2.45, 2.75) is 46.0 Å². The fourth-order valence-electron chi connectivity index (χ4n) is 3.06. The van der Waals surface area contributed by atoms with E-state index in [1.165, 1.54) is 48.4 Å². The first kappa shape index (κ1) is 18.9. The Hall–Kier alpha value is -1.48. The molecule has 0 aromatic heterocycles. The molecule has 1 aromatic rings. The molecule has 3 heteroatoms. The molecule has 2 N–H and O–H groups in total. The van der Waals surface area contributed by atoms with E-state index in [9.17, 15) is 0 Å². The van der Waals surface area contributed by atoms with Crippen LogP contribution in [-0.4, -0.2) is 28.7 Å². The lowest BCUT2D eigenvalue weighted by Gasteiger charge is -2.21. The molecule has 1 heterocycles. The van der Waals surface area contributed by atoms with E-state index in [0.717, 1.165) is 11.6 Å². The highest BCUT2D eigenvalue weighted by molar-refractivity contribution is 8.47. The topological polar surface area (TPSA) is 29.0 Å². The van der Waals surface area contributed by atoms with Gasteiger partial charge in [-0.1, -0.05) is 56.5 Å². The largest absolute Gasteiger partial charge is 0.389 e. The van der Waals surface area contributed by atoms with Gasteiger partial charge >= 0.3 is 0 Å². The Morgan fingerprint density at radius 3 is 2.33 bits per heavy atom. The van der Waals surface area contributed by atoms with Crippen LogP contribution in [0.4, 0.5) is 0 Å². The monoisotopic (exact) mass is 345 g/mol. The fraction of sp³-hybridized carbons (Fsp3) is 0.476. The van der Waals surface area contributed by atoms with Gasteiger partial charge < -0.3 is 5.73 Å². The minimum absolute atomic E-state index is 1.01. The Morgan fingerprint density at radius 2 is 1.67 bits per heavy atom. The minimum Gasteiger partial charge on any atom is -0.389 e. The summed E-state index contributed by atoms with van der Waals surface area (Å²) >= 11 is 0. The smallest absolute Gasteiger partial charge is 0.234 e. The zero-order valence-corrected chi connectivity index (χ0v) is 16.5. The Morgan fingerprint density at radius 1 is 1.00 bits per heavy atom. The first-order chi connectivity index (χ1) is 11.5. The predicted molar refractivity (Wildman–Crippen MR) is 111 cm³/mol. The van der Waals surface area contributed by atoms with Crippen molar-refractivity contribution in [1.82, 2.24) is 0 Å². The first-order valence-electron chi connectivity index (χ1n) is 9.06. The molecule has 132 valence electrons. The lowest BCUT2D eigenvalue weighted by molar-refractivity contribution is -0.469. The maximum absolute atomic E-state index is 6.56. The van der Waals surface area contributed by atoms with Crippen molar-refractivity contribution in [2.75, 3.05) is 19.1 Å². The number of rotatable bonds is 8. The molecule has 0 bridgehead atoms. The normalized spacial score (nSPS) is 18.7. The zero-order valence-electron chi connectivity index (χ0n) is 15.7. The molecule has 0 unspecified atom stereocenters. The average Bonchev–Trinajstić information content (AvgIpc) is 2.74. The Labute approximate surface area is 149 Å². The third-order valence-corrected chi connectivity index (χ3v) is 7.94. The summed E-state index contributed by atoms with van der Waals surface area (Å²) < 4.78 is 2.47. The molecule has 0 saturated carbocycles. The maximum Gasteiger partial charge on any atom is 0.234 e. The molecule has 0 aliphatic carbocycles. The third-order valence-electron chi connectivity index (χ3n) is 4.93. The summed E-state index contributed by atoms with van der Waals surface area (Å²) in [4.78, 5) is 0. The summed E-state index contributed by atoms with van der Waals surface area (Å²) in [5.74, 6) is 0. The molecule has 1 aliphatic rings. The van der Waals surface area contributed by atoms with Gasteiger partial charge in [-0.25, -0.2) is 0 Å². The maximum atomic E-state index is 6.56. The molecule has 0 radical (unpaired) electrons. The second-order valence-electron chi connectivity index (χ2n) is 6.91. The van der Waals surface area contributed by atoms with Gasteiger partial charge in [0.1, 0.15) is 11.6 Å². The van der Waals surface area contributed by atoms with Gasteiger partial charge in [-0.3, -0.25) is 0 Å². The minimum atomic E-state index is -1.01. The van der Waals surface area contributed by atoms with Gasteiger partial charge in [0.2, 0.25) is 10.7 Å². The van der Waals surface area contributed by atoms with Crippen LogP contribution in [0, 0.1) is 0 Å². The van der Waals surface area contributed by atoms with Crippen molar-refractivity contribution in [3.63, 3.8) is 0 Å². The van der Waals surface area contributed by atoms with Crippen LogP contribution >= 0.6 is 10.0 Å². The highest BCUT2D eigenvalue weighted by Crippen LogP contribution is 2.52. The van der Waals surface area contributed by atoms with E-state index in [0.29, 0.717) is 0 Å². The highest BCUT2D eigenvalue weighted by Gasteiger charge is 2.39. The zero-order chi connectivity index (χ0) is 17.6. The van der Waals surface area contributed by atoms with Crippen LogP contribution in [0.1, 0.15) is 51.5 Å². The first-order valence-corrected chi connectivity index (χ1v) is 11.5. The van der Waals surface area contributed by atoms with Gasteiger partial charge in [-0.15, -0.1) is 10.0 Å². The van der Waals surface area contributed by atoms with Crippen LogP contribution in [0.25, 0.3) is 6.08 Å². The van der Waals surface area contributed by atoms with Crippen molar-refractivity contribution >= 4 is 21.1 Å². The van der Waals surface area contributed by atoms with E-state index in [2.05, 4.69) is 67.4 Å². The van der Waals surface area contributed by atoms with E-state index in [1.54, 1.807) is 0 Å². The molecular weight excluding hydrogens is 312 g/mol. The molecule has 24 heavy (non-hydrogen) atoms. The Balaban J connectivity index is 2.16. The Kier molecular flexibility index (Phi) is 6.73. The van der Waals surface area contributed by atoms with E-state index in [-0.39, 0.29) is 0 Å². The summed E-state index contributed by atoms with van der Waals surface area (Å²) in [5.41, 5.74) is 8.99. The second-order valence-corrected chi connectivity index (χ2v) is 10.6. The second kappa shape index (κ2) is 8.57. The van der Waals surface area contributed by atoms with Crippen molar-refractivity contribution in [3.05, 3.63) is 52.7 Å². The number of unbranched alkanes of at least 4 members (excludes halogenated alkanes) is 4. The van der Waals surface area contributed by atoms with Crippen molar-refractivity contribution in [1.29, 1.82) is 0 Å². The van der Waals surface area contributed by atoms with Gasteiger partial charge in [-0.05, 0) is 30.6 Å². The van der Waals surface area contributed by atoms with E-state index >= 15 is 0 Å². The molecular formula is C21H33N2S+.